The number of hydrogen-bond acceptors (Lipinski definition) is 2. The van der Waals surface area contributed by atoms with Crippen LogP contribution < -0.4 is 5.32 Å². The summed E-state index contributed by atoms with van der Waals surface area (Å²) in [4.78, 5) is 12.2. The zero-order valence-corrected chi connectivity index (χ0v) is 16.0. The summed E-state index contributed by atoms with van der Waals surface area (Å²) in [5, 5.41) is 2.42. The number of quaternary nitrogens is 1. The van der Waals surface area contributed by atoms with Crippen molar-refractivity contribution in [1.82, 2.24) is 0 Å². The number of hydrogen-bond donors (Lipinski definition) is 1. The Bertz CT molecular complexity index is 710. The Hall–Kier alpha value is -2.13. The lowest BCUT2D eigenvalue weighted by atomic mass is 10.1. The first-order valence-corrected chi connectivity index (χ1v) is 9.75. The highest BCUT2D eigenvalue weighted by Crippen LogP contribution is 2.22. The molecule has 0 spiro atoms. The molecule has 1 aliphatic rings. The third-order valence-corrected chi connectivity index (χ3v) is 5.21. The van der Waals surface area contributed by atoms with E-state index in [1.807, 2.05) is 26.0 Å². The fourth-order valence-electron chi connectivity index (χ4n) is 3.83. The van der Waals surface area contributed by atoms with E-state index in [0.29, 0.717) is 12.2 Å². The number of benzene rings is 2. The van der Waals surface area contributed by atoms with E-state index in [2.05, 4.69) is 35.6 Å². The summed E-state index contributed by atoms with van der Waals surface area (Å²) in [7, 11) is 0. The molecule has 0 aliphatic heterocycles. The first kappa shape index (κ1) is 18.7. The van der Waals surface area contributed by atoms with Gasteiger partial charge < -0.3 is 10.1 Å². The highest BCUT2D eigenvalue weighted by molar-refractivity contribution is 5.89. The number of carbonyl (C=O) groups is 1. The van der Waals surface area contributed by atoms with Gasteiger partial charge in [0, 0.05) is 11.5 Å². The summed E-state index contributed by atoms with van der Waals surface area (Å²) in [6.45, 7) is 6.57. The number of esters is 1. The van der Waals surface area contributed by atoms with E-state index in [9.17, 15) is 4.79 Å². The van der Waals surface area contributed by atoms with E-state index >= 15 is 0 Å². The highest BCUT2D eigenvalue weighted by atomic mass is 16.5. The van der Waals surface area contributed by atoms with E-state index in [1.165, 1.54) is 37.8 Å². The van der Waals surface area contributed by atoms with E-state index in [0.717, 1.165) is 29.2 Å². The van der Waals surface area contributed by atoms with Gasteiger partial charge in [-0.15, -0.1) is 0 Å². The van der Waals surface area contributed by atoms with Gasteiger partial charge in [-0.25, -0.2) is 4.79 Å². The molecule has 0 heterocycles. The molecule has 138 valence electrons. The zero-order chi connectivity index (χ0) is 18.4. The predicted octanol–water partition coefficient (Wildman–Crippen LogP) is 3.91. The molecule has 3 heteroatoms. The average Bonchev–Trinajstić information content (AvgIpc) is 3.13. The molecular weight excluding hydrogens is 322 g/mol. The Balaban J connectivity index is 1.45. The van der Waals surface area contributed by atoms with E-state index < -0.39 is 0 Å². The minimum Gasteiger partial charge on any atom is -0.457 e. The number of ether oxygens (including phenoxy) is 1. The molecule has 0 saturated heterocycles. The summed E-state index contributed by atoms with van der Waals surface area (Å²) >= 11 is 0. The van der Waals surface area contributed by atoms with Gasteiger partial charge >= 0.3 is 5.97 Å². The SMILES string of the molecule is Cc1cc(C)cc(C(=O)OCc2ccc(C[NH2+]CC3CCCC3)cc2)c1. The number of rotatable bonds is 7. The molecule has 0 amide bonds. The van der Waals surface area contributed by atoms with Crippen molar-refractivity contribution in [1.29, 1.82) is 0 Å². The molecular formula is C23H30NO2+. The van der Waals surface area contributed by atoms with Crippen molar-refractivity contribution in [2.24, 2.45) is 5.92 Å². The maximum Gasteiger partial charge on any atom is 0.338 e. The van der Waals surface area contributed by atoms with E-state index in [1.54, 1.807) is 0 Å². The Kier molecular flexibility index (Phi) is 6.45. The average molecular weight is 352 g/mol. The molecule has 1 saturated carbocycles. The van der Waals surface area contributed by atoms with Crippen LogP contribution in [0.25, 0.3) is 0 Å². The van der Waals surface area contributed by atoms with Gasteiger partial charge in [0.1, 0.15) is 13.2 Å². The molecule has 1 aliphatic carbocycles. The van der Waals surface area contributed by atoms with Gasteiger partial charge in [-0.3, -0.25) is 0 Å². The molecule has 0 bridgehead atoms. The summed E-state index contributed by atoms with van der Waals surface area (Å²) in [6, 6.07) is 14.2. The molecule has 26 heavy (non-hydrogen) atoms. The van der Waals surface area contributed by atoms with Crippen molar-refractivity contribution in [3.8, 4) is 0 Å². The third-order valence-electron chi connectivity index (χ3n) is 5.21. The molecule has 0 unspecified atom stereocenters. The molecule has 3 rings (SSSR count). The van der Waals surface area contributed by atoms with Gasteiger partial charge in [-0.1, -0.05) is 54.3 Å². The zero-order valence-electron chi connectivity index (χ0n) is 16.0. The number of carbonyl (C=O) groups excluding carboxylic acids is 1. The van der Waals surface area contributed by atoms with Crippen LogP contribution in [0, 0.1) is 19.8 Å². The topological polar surface area (TPSA) is 42.9 Å². The fraction of sp³-hybridized carbons (Fsp3) is 0.435. The second kappa shape index (κ2) is 9.00. The third kappa shape index (κ3) is 5.43. The van der Waals surface area contributed by atoms with Crippen LogP contribution in [-0.4, -0.2) is 12.5 Å². The van der Waals surface area contributed by atoms with Gasteiger partial charge in [0.05, 0.1) is 12.1 Å². The highest BCUT2D eigenvalue weighted by Gasteiger charge is 2.16. The Morgan fingerprint density at radius 1 is 1.00 bits per heavy atom. The smallest absolute Gasteiger partial charge is 0.338 e. The van der Waals surface area contributed by atoms with Gasteiger partial charge in [0.25, 0.3) is 0 Å². The van der Waals surface area contributed by atoms with Crippen molar-refractivity contribution in [3.05, 3.63) is 70.3 Å². The molecule has 3 nitrogen and oxygen atoms in total. The molecule has 1 fully saturated rings. The minimum absolute atomic E-state index is 0.259. The van der Waals surface area contributed by atoms with Crippen LogP contribution in [0.1, 0.15) is 58.3 Å². The van der Waals surface area contributed by atoms with E-state index in [-0.39, 0.29) is 5.97 Å². The summed E-state index contributed by atoms with van der Waals surface area (Å²) in [6.07, 6.45) is 5.63. The number of nitrogens with two attached hydrogens (primary N) is 1. The van der Waals surface area contributed by atoms with Gasteiger partial charge in [-0.2, -0.15) is 0 Å². The van der Waals surface area contributed by atoms with Crippen molar-refractivity contribution < 1.29 is 14.8 Å². The largest absolute Gasteiger partial charge is 0.457 e. The lowest BCUT2D eigenvalue weighted by Gasteiger charge is -2.09. The quantitative estimate of drug-likeness (QED) is 0.768. The van der Waals surface area contributed by atoms with Crippen LogP contribution in [0.15, 0.2) is 42.5 Å². The Morgan fingerprint density at radius 2 is 1.62 bits per heavy atom. The molecule has 2 aromatic carbocycles. The first-order valence-electron chi connectivity index (χ1n) is 9.75. The fourth-order valence-corrected chi connectivity index (χ4v) is 3.83. The van der Waals surface area contributed by atoms with Crippen LogP contribution in [0.5, 0.6) is 0 Å². The first-order chi connectivity index (χ1) is 12.6. The molecule has 0 atom stereocenters. The van der Waals surface area contributed by atoms with Crippen molar-refractivity contribution in [3.63, 3.8) is 0 Å². The van der Waals surface area contributed by atoms with Crippen LogP contribution in [0.4, 0.5) is 0 Å². The maximum atomic E-state index is 12.2. The van der Waals surface area contributed by atoms with E-state index in [4.69, 9.17) is 4.74 Å². The molecule has 0 radical (unpaired) electrons. The maximum absolute atomic E-state index is 12.2. The van der Waals surface area contributed by atoms with Gasteiger partial charge in [-0.05, 0) is 44.4 Å². The molecule has 2 aromatic rings. The standard InChI is InChI=1S/C23H29NO2/c1-17-11-18(2)13-22(12-17)23(25)26-16-21-9-7-20(8-10-21)15-24-14-19-5-3-4-6-19/h7-13,19,24H,3-6,14-16H2,1-2H3/p+1. The second-order valence-corrected chi connectivity index (χ2v) is 7.65. The lowest BCUT2D eigenvalue weighted by Crippen LogP contribution is -2.83. The second-order valence-electron chi connectivity index (χ2n) is 7.65. The summed E-state index contributed by atoms with van der Waals surface area (Å²) in [5.74, 6) is 0.657. The normalized spacial score (nSPS) is 14.5. The van der Waals surface area contributed by atoms with Crippen LogP contribution in [0.2, 0.25) is 0 Å². The van der Waals surface area contributed by atoms with Crippen LogP contribution >= 0.6 is 0 Å². The minimum atomic E-state index is -0.259. The number of aryl methyl sites for hydroxylation is 2. The monoisotopic (exact) mass is 352 g/mol. The summed E-state index contributed by atoms with van der Waals surface area (Å²) in [5.41, 5.74) is 5.14. The lowest BCUT2D eigenvalue weighted by molar-refractivity contribution is -0.675. The Morgan fingerprint density at radius 3 is 2.27 bits per heavy atom. The summed E-state index contributed by atoms with van der Waals surface area (Å²) < 4.78 is 5.47. The van der Waals surface area contributed by atoms with Gasteiger partial charge in [0.15, 0.2) is 0 Å². The van der Waals surface area contributed by atoms with Crippen molar-refractivity contribution in [2.75, 3.05) is 6.54 Å². The van der Waals surface area contributed by atoms with Crippen molar-refractivity contribution in [2.45, 2.75) is 52.7 Å². The van der Waals surface area contributed by atoms with Gasteiger partial charge in [0.2, 0.25) is 0 Å². The van der Waals surface area contributed by atoms with Crippen LogP contribution in [0.3, 0.4) is 0 Å². The molecule has 0 aromatic heterocycles. The Labute approximate surface area is 156 Å². The van der Waals surface area contributed by atoms with Crippen LogP contribution in [-0.2, 0) is 17.9 Å². The van der Waals surface area contributed by atoms with Crippen molar-refractivity contribution >= 4 is 5.97 Å². The predicted molar refractivity (Wildman–Crippen MR) is 104 cm³/mol. The molecule has 2 N–H and O–H groups in total.